The average molecular weight is 213 g/mol. The molecule has 0 aromatic carbocycles. The van der Waals surface area contributed by atoms with E-state index in [4.69, 9.17) is 9.84 Å². The SMILES string of the molecule is C[C@H]1OC(C)(C)N(C(=O)O)[C@@H]1CC=C=O. The fraction of sp³-hybridized carbons (Fsp3) is 0.700. The van der Waals surface area contributed by atoms with Crippen LogP contribution in [0.2, 0.25) is 0 Å². The second kappa shape index (κ2) is 4.04. The molecule has 0 aromatic rings. The Kier molecular flexibility index (Phi) is 3.17. The third-order valence-electron chi connectivity index (χ3n) is 2.58. The van der Waals surface area contributed by atoms with Gasteiger partial charge in [0.25, 0.3) is 0 Å². The van der Waals surface area contributed by atoms with E-state index in [2.05, 4.69) is 0 Å². The molecule has 0 aliphatic carbocycles. The number of rotatable bonds is 2. The molecule has 0 aromatic heterocycles. The highest BCUT2D eigenvalue weighted by molar-refractivity contribution is 5.67. The number of hydrogen-bond acceptors (Lipinski definition) is 3. The Balaban J connectivity index is 2.92. The number of nitrogens with zero attached hydrogens (tertiary/aromatic N) is 1. The van der Waals surface area contributed by atoms with E-state index in [9.17, 15) is 9.59 Å². The molecule has 0 spiro atoms. The fourth-order valence-electron chi connectivity index (χ4n) is 2.04. The molecule has 0 saturated carbocycles. The summed E-state index contributed by atoms with van der Waals surface area (Å²) in [7, 11) is 0. The molecule has 2 atom stereocenters. The van der Waals surface area contributed by atoms with Crippen LogP contribution in [0.5, 0.6) is 0 Å². The van der Waals surface area contributed by atoms with Crippen molar-refractivity contribution < 1.29 is 19.4 Å². The van der Waals surface area contributed by atoms with Gasteiger partial charge in [0.1, 0.15) is 11.7 Å². The molecule has 1 saturated heterocycles. The Morgan fingerprint density at radius 3 is 2.73 bits per heavy atom. The van der Waals surface area contributed by atoms with Crippen molar-refractivity contribution in [2.45, 2.75) is 45.1 Å². The second-order valence-corrected chi connectivity index (χ2v) is 4.05. The minimum Gasteiger partial charge on any atom is -0.465 e. The van der Waals surface area contributed by atoms with Crippen molar-refractivity contribution >= 4 is 12.0 Å². The summed E-state index contributed by atoms with van der Waals surface area (Å²) in [6.45, 7) is 5.19. The van der Waals surface area contributed by atoms with Crippen molar-refractivity contribution in [3.8, 4) is 0 Å². The molecule has 5 heteroatoms. The summed E-state index contributed by atoms with van der Waals surface area (Å²) in [4.78, 5) is 22.4. The molecular formula is C10H15NO4. The second-order valence-electron chi connectivity index (χ2n) is 4.05. The summed E-state index contributed by atoms with van der Waals surface area (Å²) in [5, 5.41) is 9.07. The first-order valence-corrected chi connectivity index (χ1v) is 4.79. The molecule has 5 nitrogen and oxygen atoms in total. The third-order valence-corrected chi connectivity index (χ3v) is 2.58. The van der Waals surface area contributed by atoms with Gasteiger partial charge in [-0.1, -0.05) is 0 Å². The lowest BCUT2D eigenvalue weighted by atomic mass is 10.1. The highest BCUT2D eigenvalue weighted by Gasteiger charge is 2.47. The number of amides is 1. The Labute approximate surface area is 88.3 Å². The number of carbonyl (C=O) groups is 1. The van der Waals surface area contributed by atoms with Crippen LogP contribution in [0.25, 0.3) is 0 Å². The van der Waals surface area contributed by atoms with Gasteiger partial charge < -0.3 is 9.84 Å². The predicted molar refractivity (Wildman–Crippen MR) is 53.2 cm³/mol. The Hall–Kier alpha value is -1.32. The predicted octanol–water partition coefficient (Wildman–Crippen LogP) is 1.27. The Morgan fingerprint density at radius 1 is 1.67 bits per heavy atom. The minimum absolute atomic E-state index is 0.222. The van der Waals surface area contributed by atoms with Gasteiger partial charge in [0.05, 0.1) is 12.1 Å². The summed E-state index contributed by atoms with van der Waals surface area (Å²) in [5.41, 5.74) is -0.841. The van der Waals surface area contributed by atoms with Gasteiger partial charge in [0.15, 0.2) is 0 Å². The van der Waals surface area contributed by atoms with Gasteiger partial charge in [0.2, 0.25) is 0 Å². The molecule has 0 bridgehead atoms. The monoisotopic (exact) mass is 213 g/mol. The standard InChI is InChI=1S/C10H15NO4/c1-7-8(5-4-6-12)11(9(13)14)10(2,3)15-7/h4,7-8H,5H2,1-3H3,(H,13,14)/t7-,8-/m1/s1. The van der Waals surface area contributed by atoms with E-state index in [1.165, 1.54) is 11.0 Å². The molecule has 1 heterocycles. The summed E-state index contributed by atoms with van der Waals surface area (Å²) in [6.07, 6.45) is 0.372. The fourth-order valence-corrected chi connectivity index (χ4v) is 2.04. The average Bonchev–Trinajstić information content (AvgIpc) is 2.31. The maximum absolute atomic E-state index is 11.1. The van der Waals surface area contributed by atoms with Crippen LogP contribution in [0.1, 0.15) is 27.2 Å². The minimum atomic E-state index is -1.03. The number of carboxylic acid groups (broad SMARTS) is 1. The van der Waals surface area contributed by atoms with E-state index in [1.807, 2.05) is 0 Å². The molecule has 1 aliphatic heterocycles. The van der Waals surface area contributed by atoms with Crippen LogP contribution in [0, 0.1) is 0 Å². The molecule has 1 rings (SSSR count). The molecule has 15 heavy (non-hydrogen) atoms. The van der Waals surface area contributed by atoms with Crippen molar-refractivity contribution in [2.75, 3.05) is 0 Å². The molecule has 1 fully saturated rings. The maximum atomic E-state index is 11.1. The van der Waals surface area contributed by atoms with Crippen LogP contribution in [-0.2, 0) is 9.53 Å². The van der Waals surface area contributed by atoms with E-state index in [0.717, 1.165) is 0 Å². The molecular weight excluding hydrogens is 198 g/mol. The highest BCUT2D eigenvalue weighted by atomic mass is 16.6. The van der Waals surface area contributed by atoms with Crippen molar-refractivity contribution in [3.63, 3.8) is 0 Å². The highest BCUT2D eigenvalue weighted by Crippen LogP contribution is 2.33. The first kappa shape index (κ1) is 11.8. The first-order valence-electron chi connectivity index (χ1n) is 4.79. The molecule has 84 valence electrons. The summed E-state index contributed by atoms with van der Waals surface area (Å²) in [6, 6.07) is -0.320. The van der Waals surface area contributed by atoms with Gasteiger partial charge in [-0.25, -0.2) is 9.59 Å². The first-order chi connectivity index (χ1) is 6.90. The van der Waals surface area contributed by atoms with Crippen molar-refractivity contribution in [2.24, 2.45) is 0 Å². The topological polar surface area (TPSA) is 66.8 Å². The van der Waals surface area contributed by atoms with Gasteiger partial charge in [0, 0.05) is 6.08 Å². The maximum Gasteiger partial charge on any atom is 0.409 e. The van der Waals surface area contributed by atoms with E-state index in [1.54, 1.807) is 26.7 Å². The van der Waals surface area contributed by atoms with Gasteiger partial charge in [-0.05, 0) is 27.2 Å². The normalized spacial score (nSPS) is 28.6. The summed E-state index contributed by atoms with van der Waals surface area (Å²) >= 11 is 0. The zero-order chi connectivity index (χ0) is 11.6. The van der Waals surface area contributed by atoms with Crippen LogP contribution in [0.3, 0.4) is 0 Å². The van der Waals surface area contributed by atoms with Crippen LogP contribution >= 0.6 is 0 Å². The lowest BCUT2D eigenvalue weighted by molar-refractivity contribution is -0.0619. The van der Waals surface area contributed by atoms with Gasteiger partial charge >= 0.3 is 6.09 Å². The van der Waals surface area contributed by atoms with Gasteiger partial charge in [-0.2, -0.15) is 0 Å². The smallest absolute Gasteiger partial charge is 0.409 e. The third kappa shape index (κ3) is 2.19. The zero-order valence-corrected chi connectivity index (χ0v) is 9.06. The van der Waals surface area contributed by atoms with E-state index in [-0.39, 0.29) is 12.1 Å². The Morgan fingerprint density at radius 2 is 2.27 bits per heavy atom. The lowest BCUT2D eigenvalue weighted by Crippen LogP contribution is -2.47. The lowest BCUT2D eigenvalue weighted by Gasteiger charge is -2.30. The van der Waals surface area contributed by atoms with E-state index >= 15 is 0 Å². The Bertz CT molecular complexity index is 307. The van der Waals surface area contributed by atoms with Crippen molar-refractivity contribution in [1.29, 1.82) is 0 Å². The van der Waals surface area contributed by atoms with Crippen LogP contribution in [0.4, 0.5) is 4.79 Å². The van der Waals surface area contributed by atoms with Crippen LogP contribution < -0.4 is 0 Å². The number of hydrogen-bond donors (Lipinski definition) is 1. The van der Waals surface area contributed by atoms with E-state index < -0.39 is 11.8 Å². The summed E-state index contributed by atoms with van der Waals surface area (Å²) in [5.74, 6) is 1.65. The van der Waals surface area contributed by atoms with E-state index in [0.29, 0.717) is 6.42 Å². The number of carbonyl (C=O) groups excluding carboxylic acids is 1. The number of ether oxygens (including phenoxy) is 1. The zero-order valence-electron chi connectivity index (χ0n) is 9.06. The van der Waals surface area contributed by atoms with Gasteiger partial charge in [-0.3, -0.25) is 4.90 Å². The van der Waals surface area contributed by atoms with Crippen molar-refractivity contribution in [1.82, 2.24) is 4.90 Å². The largest absolute Gasteiger partial charge is 0.465 e. The quantitative estimate of drug-likeness (QED) is 0.701. The molecule has 0 unspecified atom stereocenters. The summed E-state index contributed by atoms with van der Waals surface area (Å²) < 4.78 is 5.53. The van der Waals surface area contributed by atoms with Crippen molar-refractivity contribution in [3.05, 3.63) is 6.08 Å². The molecule has 1 amide bonds. The molecule has 1 aliphatic rings. The molecule has 0 radical (unpaired) electrons. The van der Waals surface area contributed by atoms with Crippen LogP contribution in [-0.4, -0.2) is 39.9 Å². The van der Waals surface area contributed by atoms with Gasteiger partial charge in [-0.15, -0.1) is 0 Å². The van der Waals surface area contributed by atoms with Crippen LogP contribution in [0.15, 0.2) is 6.08 Å². The molecule has 1 N–H and O–H groups in total.